The van der Waals surface area contributed by atoms with Gasteiger partial charge in [0, 0.05) is 30.7 Å². The molecule has 0 aliphatic heterocycles. The van der Waals surface area contributed by atoms with Crippen molar-refractivity contribution in [3.8, 4) is 11.8 Å². The van der Waals surface area contributed by atoms with Crippen LogP contribution in [0.2, 0.25) is 5.02 Å². The molecule has 3 N–H and O–H groups in total. The number of aryl methyl sites for hydroxylation is 1. The fourth-order valence-corrected chi connectivity index (χ4v) is 4.07. The fourth-order valence-electron chi connectivity index (χ4n) is 3.84. The predicted molar refractivity (Wildman–Crippen MR) is 138 cm³/mol. The molecule has 0 fully saturated rings. The second kappa shape index (κ2) is 10.8. The van der Waals surface area contributed by atoms with E-state index in [4.69, 9.17) is 17.3 Å². The summed E-state index contributed by atoms with van der Waals surface area (Å²) in [5.41, 5.74) is 7.84. The third kappa shape index (κ3) is 5.79. The number of hydrogen-bond acceptors (Lipinski definition) is 6. The number of alkyl halides is 3. The molecule has 7 nitrogen and oxygen atoms in total. The first-order valence-electron chi connectivity index (χ1n) is 11.6. The summed E-state index contributed by atoms with van der Waals surface area (Å²) in [6.07, 6.45) is -3.45. The van der Waals surface area contributed by atoms with Crippen LogP contribution >= 0.6 is 11.6 Å². The highest BCUT2D eigenvalue weighted by Crippen LogP contribution is 2.35. The summed E-state index contributed by atoms with van der Waals surface area (Å²) in [6, 6.07) is 8.35. The van der Waals surface area contributed by atoms with E-state index in [1.165, 1.54) is 12.4 Å². The van der Waals surface area contributed by atoms with Crippen molar-refractivity contribution in [1.82, 2.24) is 19.7 Å². The highest BCUT2D eigenvalue weighted by Gasteiger charge is 2.33. The molecule has 4 aromatic rings. The third-order valence-electron chi connectivity index (χ3n) is 5.93. The van der Waals surface area contributed by atoms with E-state index in [9.17, 15) is 23.1 Å². The van der Waals surface area contributed by atoms with Gasteiger partial charge in [-0.3, -0.25) is 4.79 Å². The molecule has 0 unspecified atom stereocenters. The number of benzene rings is 2. The number of carbonyl (C=O) groups excluding carboxylic acids is 1. The van der Waals surface area contributed by atoms with Crippen molar-refractivity contribution in [2.45, 2.75) is 33.0 Å². The zero-order valence-electron chi connectivity index (χ0n) is 20.5. The molecular weight excluding hydrogens is 519 g/mol. The molecule has 0 aliphatic rings. The molecule has 2 aromatic heterocycles. The largest absolute Gasteiger partial charge is 0.417 e. The summed E-state index contributed by atoms with van der Waals surface area (Å²) in [4.78, 5) is 21.1. The minimum absolute atomic E-state index is 0.0266. The van der Waals surface area contributed by atoms with Crippen molar-refractivity contribution >= 4 is 34.2 Å². The Balaban J connectivity index is 1.64. The van der Waals surface area contributed by atoms with Gasteiger partial charge in [-0.1, -0.05) is 36.6 Å². The second-order valence-corrected chi connectivity index (χ2v) is 9.37. The smallest absolute Gasteiger partial charge is 0.396 e. The van der Waals surface area contributed by atoms with Gasteiger partial charge in [0.25, 0.3) is 0 Å². The number of carbonyl (C=O) groups is 1. The van der Waals surface area contributed by atoms with Crippen LogP contribution < -0.4 is 5.73 Å². The maximum atomic E-state index is 13.2. The Bertz CT molecular complexity index is 1590. The van der Waals surface area contributed by atoms with Crippen LogP contribution in [0.25, 0.3) is 11.0 Å². The van der Waals surface area contributed by atoms with Crippen molar-refractivity contribution in [1.29, 1.82) is 0 Å². The fraction of sp³-hybridized carbons (Fsp3) is 0.259. The van der Waals surface area contributed by atoms with Gasteiger partial charge < -0.3 is 10.8 Å². The van der Waals surface area contributed by atoms with E-state index < -0.39 is 22.5 Å². The van der Waals surface area contributed by atoms with Crippen LogP contribution in [-0.2, 0) is 19.1 Å². The number of rotatable bonds is 6. The van der Waals surface area contributed by atoms with E-state index in [-0.39, 0.29) is 30.3 Å². The summed E-state index contributed by atoms with van der Waals surface area (Å²) in [5, 5.41) is 14.0. The highest BCUT2D eigenvalue weighted by atomic mass is 35.5. The number of nitrogen functional groups attached to an aromatic ring is 1. The number of ketones is 1. The topological polar surface area (TPSA) is 107 Å². The Morgan fingerprint density at radius 2 is 1.95 bits per heavy atom. The van der Waals surface area contributed by atoms with E-state index in [1.54, 1.807) is 22.9 Å². The molecule has 4 rings (SSSR count). The molecule has 11 heteroatoms. The Kier molecular flexibility index (Phi) is 7.71. The van der Waals surface area contributed by atoms with Crippen LogP contribution in [0.1, 0.15) is 45.2 Å². The van der Waals surface area contributed by atoms with Crippen LogP contribution in [0.4, 0.5) is 19.0 Å². The lowest BCUT2D eigenvalue weighted by Gasteiger charge is -2.11. The number of nitrogens with zero attached hydrogens (tertiary/aromatic N) is 4. The maximum absolute atomic E-state index is 13.2. The minimum Gasteiger partial charge on any atom is -0.396 e. The molecule has 0 saturated heterocycles. The number of nitrogens with two attached hydrogens (primary N) is 1. The maximum Gasteiger partial charge on any atom is 0.417 e. The van der Waals surface area contributed by atoms with Gasteiger partial charge in [0.05, 0.1) is 16.0 Å². The molecule has 0 amide bonds. The van der Waals surface area contributed by atoms with Gasteiger partial charge in [0.2, 0.25) is 0 Å². The van der Waals surface area contributed by atoms with Crippen LogP contribution in [0.3, 0.4) is 0 Å². The summed E-state index contributed by atoms with van der Waals surface area (Å²) in [5.74, 6) is 5.73. The standard InChI is InChI=1S/C27H23ClF3N5O2/c1-15(13-37)12-36-26-24(25(32)33-14-34-26)22(35-36)8-6-18-9-17(4-3-16(18)2)10-23(38)19-5-7-21(28)20(11-19)27(29,30)31/h3-5,7,9,11,14-15,37H,10,12-13H2,1-2H3,(H2,32,33,34)/t15-/m0/s1. The summed E-state index contributed by atoms with van der Waals surface area (Å²) in [6.45, 7) is 4.10. The molecule has 1 atom stereocenters. The van der Waals surface area contributed by atoms with E-state index in [0.717, 1.165) is 17.7 Å². The van der Waals surface area contributed by atoms with E-state index in [2.05, 4.69) is 26.9 Å². The molecule has 0 aliphatic carbocycles. The van der Waals surface area contributed by atoms with Gasteiger partial charge in [-0.2, -0.15) is 18.3 Å². The van der Waals surface area contributed by atoms with Gasteiger partial charge >= 0.3 is 6.18 Å². The van der Waals surface area contributed by atoms with Crippen LogP contribution in [0.15, 0.2) is 42.7 Å². The van der Waals surface area contributed by atoms with E-state index in [1.807, 2.05) is 13.8 Å². The molecule has 2 heterocycles. The normalized spacial score (nSPS) is 12.3. The zero-order valence-corrected chi connectivity index (χ0v) is 21.2. The molecule has 0 spiro atoms. The molecule has 0 bridgehead atoms. The van der Waals surface area contributed by atoms with Crippen molar-refractivity contribution in [3.63, 3.8) is 0 Å². The first-order chi connectivity index (χ1) is 18.0. The lowest BCUT2D eigenvalue weighted by Crippen LogP contribution is -2.12. The molecule has 0 saturated carbocycles. The van der Waals surface area contributed by atoms with Crippen LogP contribution in [0, 0.1) is 24.7 Å². The van der Waals surface area contributed by atoms with Crippen LogP contribution in [-0.4, -0.2) is 37.2 Å². The van der Waals surface area contributed by atoms with Gasteiger partial charge in [-0.15, -0.1) is 0 Å². The second-order valence-electron chi connectivity index (χ2n) is 8.97. The Hall–Kier alpha value is -3.94. The van der Waals surface area contributed by atoms with Crippen molar-refractivity contribution < 1.29 is 23.1 Å². The van der Waals surface area contributed by atoms with Gasteiger partial charge in [-0.25, -0.2) is 14.6 Å². The van der Waals surface area contributed by atoms with E-state index >= 15 is 0 Å². The molecule has 38 heavy (non-hydrogen) atoms. The van der Waals surface area contributed by atoms with Crippen molar-refractivity contribution in [2.75, 3.05) is 12.3 Å². The monoisotopic (exact) mass is 541 g/mol. The zero-order chi connectivity index (χ0) is 27.6. The highest BCUT2D eigenvalue weighted by molar-refractivity contribution is 6.31. The lowest BCUT2D eigenvalue weighted by molar-refractivity contribution is -0.137. The van der Waals surface area contributed by atoms with Crippen molar-refractivity contribution in [2.24, 2.45) is 5.92 Å². The molecule has 0 radical (unpaired) electrons. The number of halogens is 4. The quantitative estimate of drug-likeness (QED) is 0.267. The van der Waals surface area contributed by atoms with Crippen molar-refractivity contribution in [3.05, 3.63) is 81.3 Å². The van der Waals surface area contributed by atoms with Gasteiger partial charge in [0.15, 0.2) is 11.4 Å². The number of aromatic nitrogens is 4. The van der Waals surface area contributed by atoms with E-state index in [0.29, 0.717) is 34.4 Å². The summed E-state index contributed by atoms with van der Waals surface area (Å²) >= 11 is 5.67. The molecule has 196 valence electrons. The Morgan fingerprint density at radius 1 is 1.18 bits per heavy atom. The number of hydrogen-bond donors (Lipinski definition) is 2. The predicted octanol–water partition coefficient (Wildman–Crippen LogP) is 4.84. The number of aliphatic hydroxyl groups is 1. The SMILES string of the molecule is Cc1ccc(CC(=O)c2ccc(Cl)c(C(F)(F)F)c2)cc1C#Cc1nn(C[C@H](C)CO)c2ncnc(N)c12. The number of aliphatic hydroxyl groups excluding tert-OH is 1. The number of anilines is 1. The average Bonchev–Trinajstić information content (AvgIpc) is 3.22. The third-order valence-corrected chi connectivity index (χ3v) is 6.26. The first kappa shape index (κ1) is 27.1. The molecular formula is C27H23ClF3N5O2. The number of fused-ring (bicyclic) bond motifs is 1. The average molecular weight is 542 g/mol. The molecule has 2 aromatic carbocycles. The summed E-state index contributed by atoms with van der Waals surface area (Å²) < 4.78 is 41.2. The van der Waals surface area contributed by atoms with Crippen LogP contribution in [0.5, 0.6) is 0 Å². The Labute approximate surface area is 221 Å². The Morgan fingerprint density at radius 3 is 2.66 bits per heavy atom. The van der Waals surface area contributed by atoms with Gasteiger partial charge in [0.1, 0.15) is 17.8 Å². The lowest BCUT2D eigenvalue weighted by atomic mass is 9.98. The van der Waals surface area contributed by atoms with Gasteiger partial charge in [-0.05, 0) is 54.2 Å². The first-order valence-corrected chi connectivity index (χ1v) is 11.9. The number of Topliss-reactive ketones (excluding diaryl/α,β-unsaturated/α-hetero) is 1. The minimum atomic E-state index is -4.66. The summed E-state index contributed by atoms with van der Waals surface area (Å²) in [7, 11) is 0.